The summed E-state index contributed by atoms with van der Waals surface area (Å²) in [7, 11) is 5.42. The lowest BCUT2D eigenvalue weighted by molar-refractivity contribution is 0.0931. The maximum atomic E-state index is 12.0. The average Bonchev–Trinajstić information content (AvgIpc) is 2.85. The summed E-state index contributed by atoms with van der Waals surface area (Å²) in [5.41, 5.74) is 0.248. The summed E-state index contributed by atoms with van der Waals surface area (Å²) in [4.78, 5) is 13.8. The van der Waals surface area contributed by atoms with E-state index in [0.717, 1.165) is 0 Å². The number of aryl methyl sites for hydroxylation is 1. The minimum atomic E-state index is -0.321. The number of aromatic nitrogens is 6. The number of nitrogens with one attached hydrogen (secondary N) is 1. The number of carbonyl (C=O) groups is 1. The van der Waals surface area contributed by atoms with Crippen molar-refractivity contribution in [2.75, 3.05) is 19.0 Å². The van der Waals surface area contributed by atoms with Gasteiger partial charge in [-0.3, -0.25) is 4.79 Å². The quantitative estimate of drug-likeness (QED) is 0.807. The molecule has 1 unspecified atom stereocenters. The molecule has 0 bridgehead atoms. The van der Waals surface area contributed by atoms with E-state index in [1.165, 1.54) is 4.68 Å². The molecule has 0 aliphatic rings. The average molecular weight is 276 g/mol. The topological polar surface area (TPSA) is 102 Å². The fraction of sp³-hybridized carbons (Fsp3) is 0.455. The highest BCUT2D eigenvalue weighted by Crippen LogP contribution is 2.09. The Kier molecular flexibility index (Phi) is 3.87. The number of hydrogen-bond donors (Lipinski definition) is 1. The van der Waals surface area contributed by atoms with Crippen LogP contribution in [0.3, 0.4) is 0 Å². The molecular weight excluding hydrogens is 260 g/mol. The van der Waals surface area contributed by atoms with Gasteiger partial charge in [-0.2, -0.15) is 0 Å². The second-order valence-electron chi connectivity index (χ2n) is 4.53. The Morgan fingerprint density at radius 2 is 2.05 bits per heavy atom. The molecule has 106 valence electrons. The summed E-state index contributed by atoms with van der Waals surface area (Å²) in [5.74, 6) is 0.932. The summed E-state index contributed by atoms with van der Waals surface area (Å²) in [6.07, 6.45) is 0. The molecule has 20 heavy (non-hydrogen) atoms. The van der Waals surface area contributed by atoms with E-state index >= 15 is 0 Å². The van der Waals surface area contributed by atoms with Crippen LogP contribution >= 0.6 is 0 Å². The van der Waals surface area contributed by atoms with Gasteiger partial charge in [0.25, 0.3) is 5.91 Å². The lowest BCUT2D eigenvalue weighted by Crippen LogP contribution is -2.29. The second-order valence-corrected chi connectivity index (χ2v) is 4.53. The molecule has 0 radical (unpaired) electrons. The SMILES string of the molecule is CC(NC(=O)c1ccc(N(C)C)nn1)c1nnnn1C. The van der Waals surface area contributed by atoms with Crippen LogP contribution < -0.4 is 10.2 Å². The van der Waals surface area contributed by atoms with Gasteiger partial charge in [0.15, 0.2) is 17.3 Å². The van der Waals surface area contributed by atoms with Gasteiger partial charge < -0.3 is 10.2 Å². The zero-order valence-electron chi connectivity index (χ0n) is 11.8. The number of anilines is 1. The number of amides is 1. The third-order valence-electron chi connectivity index (χ3n) is 2.73. The van der Waals surface area contributed by atoms with Crippen LogP contribution in [0.2, 0.25) is 0 Å². The zero-order valence-corrected chi connectivity index (χ0v) is 11.8. The summed E-state index contributed by atoms with van der Waals surface area (Å²) in [5, 5.41) is 21.7. The van der Waals surface area contributed by atoms with Gasteiger partial charge in [0.1, 0.15) is 0 Å². The van der Waals surface area contributed by atoms with E-state index in [-0.39, 0.29) is 17.6 Å². The highest BCUT2D eigenvalue weighted by Gasteiger charge is 2.17. The Balaban J connectivity index is 2.06. The van der Waals surface area contributed by atoms with Crippen LogP contribution in [0.1, 0.15) is 29.3 Å². The normalized spacial score (nSPS) is 12.0. The Hall–Kier alpha value is -2.58. The third-order valence-corrected chi connectivity index (χ3v) is 2.73. The Morgan fingerprint density at radius 1 is 1.30 bits per heavy atom. The van der Waals surface area contributed by atoms with Gasteiger partial charge >= 0.3 is 0 Å². The third kappa shape index (κ3) is 2.87. The molecule has 9 heteroatoms. The minimum absolute atomic E-state index is 0.248. The van der Waals surface area contributed by atoms with Gasteiger partial charge in [-0.25, -0.2) is 4.68 Å². The van der Waals surface area contributed by atoms with E-state index in [9.17, 15) is 4.79 Å². The Morgan fingerprint density at radius 3 is 2.55 bits per heavy atom. The number of hydrogen-bond acceptors (Lipinski definition) is 7. The molecule has 2 heterocycles. The van der Waals surface area contributed by atoms with E-state index in [2.05, 4.69) is 31.0 Å². The van der Waals surface area contributed by atoms with E-state index in [1.807, 2.05) is 19.0 Å². The van der Waals surface area contributed by atoms with Gasteiger partial charge in [0.2, 0.25) is 0 Å². The monoisotopic (exact) mass is 276 g/mol. The van der Waals surface area contributed by atoms with Crippen LogP contribution in [0.5, 0.6) is 0 Å². The molecule has 0 spiro atoms. The first-order valence-electron chi connectivity index (χ1n) is 6.03. The fourth-order valence-electron chi connectivity index (χ4n) is 1.62. The van der Waals surface area contributed by atoms with Crippen LogP contribution in [0, 0.1) is 0 Å². The number of tetrazole rings is 1. The van der Waals surface area contributed by atoms with Crippen molar-refractivity contribution in [2.24, 2.45) is 7.05 Å². The summed E-state index contributed by atoms with van der Waals surface area (Å²) < 4.78 is 1.51. The minimum Gasteiger partial charge on any atom is -0.361 e. The van der Waals surface area contributed by atoms with Gasteiger partial charge in [0, 0.05) is 21.1 Å². The Bertz CT molecular complexity index is 591. The molecule has 1 N–H and O–H groups in total. The van der Waals surface area contributed by atoms with Crippen LogP contribution in [-0.4, -0.2) is 50.4 Å². The summed E-state index contributed by atoms with van der Waals surface area (Å²) in [6.45, 7) is 1.80. The van der Waals surface area contributed by atoms with E-state index in [0.29, 0.717) is 11.6 Å². The van der Waals surface area contributed by atoms with Crippen LogP contribution in [0.25, 0.3) is 0 Å². The predicted octanol–water partition coefficient (Wildman–Crippen LogP) is -0.443. The highest BCUT2D eigenvalue weighted by atomic mass is 16.2. The molecule has 2 aromatic rings. The van der Waals surface area contributed by atoms with Crippen molar-refractivity contribution in [1.29, 1.82) is 0 Å². The van der Waals surface area contributed by atoms with E-state index in [4.69, 9.17) is 0 Å². The molecular formula is C11H16N8O. The molecule has 0 aliphatic heterocycles. The molecule has 0 aromatic carbocycles. The Labute approximate surface area is 116 Å². The first kappa shape index (κ1) is 13.8. The molecule has 0 saturated carbocycles. The van der Waals surface area contributed by atoms with E-state index < -0.39 is 0 Å². The lowest BCUT2D eigenvalue weighted by Gasteiger charge is -2.12. The van der Waals surface area contributed by atoms with Gasteiger partial charge in [-0.15, -0.1) is 15.3 Å². The summed E-state index contributed by atoms with van der Waals surface area (Å²) >= 11 is 0. The molecule has 0 saturated heterocycles. The molecule has 1 amide bonds. The van der Waals surface area contributed by atoms with Crippen LogP contribution in [0.15, 0.2) is 12.1 Å². The standard InChI is InChI=1S/C11H16N8O/c1-7(10-15-16-17-19(10)4)12-11(20)8-5-6-9(14-13-8)18(2)3/h5-7H,1-4H3,(H,12,20). The van der Waals surface area contributed by atoms with Crippen LogP contribution in [0.4, 0.5) is 5.82 Å². The molecule has 1 atom stereocenters. The smallest absolute Gasteiger partial charge is 0.272 e. The van der Waals surface area contributed by atoms with Gasteiger partial charge in [-0.05, 0) is 29.5 Å². The van der Waals surface area contributed by atoms with Crippen molar-refractivity contribution in [2.45, 2.75) is 13.0 Å². The zero-order chi connectivity index (χ0) is 14.7. The second kappa shape index (κ2) is 5.59. The van der Waals surface area contributed by atoms with Crippen molar-refractivity contribution in [3.05, 3.63) is 23.7 Å². The fourth-order valence-corrected chi connectivity index (χ4v) is 1.62. The van der Waals surface area contributed by atoms with Crippen molar-refractivity contribution in [1.82, 2.24) is 35.7 Å². The molecule has 2 rings (SSSR count). The number of carbonyl (C=O) groups excluding carboxylic acids is 1. The van der Waals surface area contributed by atoms with Crippen LogP contribution in [-0.2, 0) is 7.05 Å². The van der Waals surface area contributed by atoms with Gasteiger partial charge in [-0.1, -0.05) is 0 Å². The van der Waals surface area contributed by atoms with Crippen molar-refractivity contribution < 1.29 is 4.79 Å². The van der Waals surface area contributed by atoms with Crippen molar-refractivity contribution >= 4 is 11.7 Å². The largest absolute Gasteiger partial charge is 0.361 e. The predicted molar refractivity (Wildman–Crippen MR) is 71.0 cm³/mol. The lowest BCUT2D eigenvalue weighted by atomic mass is 10.3. The molecule has 0 aliphatic carbocycles. The highest BCUT2D eigenvalue weighted by molar-refractivity contribution is 5.92. The number of nitrogens with zero attached hydrogens (tertiary/aromatic N) is 7. The number of rotatable bonds is 4. The first-order chi connectivity index (χ1) is 9.49. The van der Waals surface area contributed by atoms with Crippen molar-refractivity contribution in [3.8, 4) is 0 Å². The van der Waals surface area contributed by atoms with E-state index in [1.54, 1.807) is 26.1 Å². The maximum absolute atomic E-state index is 12.0. The summed E-state index contributed by atoms with van der Waals surface area (Å²) in [6, 6.07) is 3.04. The maximum Gasteiger partial charge on any atom is 0.272 e. The molecule has 2 aromatic heterocycles. The van der Waals surface area contributed by atoms with Gasteiger partial charge in [0.05, 0.1) is 6.04 Å². The molecule has 0 fully saturated rings. The first-order valence-corrected chi connectivity index (χ1v) is 6.03. The molecule has 9 nitrogen and oxygen atoms in total. The van der Waals surface area contributed by atoms with Crippen molar-refractivity contribution in [3.63, 3.8) is 0 Å².